The van der Waals surface area contributed by atoms with Crippen molar-refractivity contribution in [3.63, 3.8) is 0 Å². The molecule has 0 spiro atoms. The van der Waals surface area contributed by atoms with Crippen molar-refractivity contribution in [3.05, 3.63) is 11.9 Å². The first-order valence-corrected chi connectivity index (χ1v) is 3.04. The molecule has 3 heteroatoms. The van der Waals surface area contributed by atoms with Gasteiger partial charge < -0.3 is 0 Å². The number of allylic oxidation sites excluding steroid dienone is 1. The third-order valence-electron chi connectivity index (χ3n) is 1.61. The lowest BCUT2D eigenvalue weighted by Gasteiger charge is -1.90. The van der Waals surface area contributed by atoms with Crippen LogP contribution in [0.3, 0.4) is 0 Å². The molecule has 1 atom stereocenters. The molecule has 1 fully saturated rings. The molecule has 0 aromatic heterocycles. The first-order chi connectivity index (χ1) is 4.66. The molecule has 1 saturated carbocycles. The fraction of sp³-hybridized carbons (Fsp3) is 0.429. The predicted molar refractivity (Wildman–Crippen MR) is 33.0 cm³/mol. The Hall–Kier alpha value is -0.990. The normalized spacial score (nSPS) is 30.2. The van der Waals surface area contributed by atoms with Crippen molar-refractivity contribution >= 4 is 11.6 Å². The molecule has 0 heterocycles. The highest BCUT2D eigenvalue weighted by Crippen LogP contribution is 2.22. The quantitative estimate of drug-likeness (QED) is 0.373. The summed E-state index contributed by atoms with van der Waals surface area (Å²) in [6, 6.07) is 0. The van der Waals surface area contributed by atoms with Gasteiger partial charge in [-0.1, -0.05) is 6.92 Å². The minimum Gasteiger partial charge on any atom is -0.294 e. The van der Waals surface area contributed by atoms with Crippen LogP contribution in [0.15, 0.2) is 11.9 Å². The molecule has 10 heavy (non-hydrogen) atoms. The SMILES string of the molecule is CC1CC(=O)C(=CF)C1=O. The number of hydrogen-bond donors (Lipinski definition) is 0. The maximum absolute atomic E-state index is 11.8. The summed E-state index contributed by atoms with van der Waals surface area (Å²) < 4.78 is 11.8. The first kappa shape index (κ1) is 7.12. The van der Waals surface area contributed by atoms with Gasteiger partial charge in [0.1, 0.15) is 6.33 Å². The van der Waals surface area contributed by atoms with Crippen molar-refractivity contribution < 1.29 is 14.0 Å². The van der Waals surface area contributed by atoms with Crippen molar-refractivity contribution in [1.82, 2.24) is 0 Å². The maximum Gasteiger partial charge on any atom is 0.172 e. The molecule has 0 saturated heterocycles. The van der Waals surface area contributed by atoms with Gasteiger partial charge in [-0.15, -0.1) is 0 Å². The molecule has 1 unspecified atom stereocenters. The highest BCUT2D eigenvalue weighted by Gasteiger charge is 2.32. The van der Waals surface area contributed by atoms with Crippen LogP contribution in [-0.2, 0) is 9.59 Å². The first-order valence-electron chi connectivity index (χ1n) is 3.04. The van der Waals surface area contributed by atoms with E-state index in [0.29, 0.717) is 0 Å². The Morgan fingerprint density at radius 2 is 2.20 bits per heavy atom. The van der Waals surface area contributed by atoms with E-state index in [4.69, 9.17) is 0 Å². The minimum absolute atomic E-state index is 0.105. The molecular formula is C7H7FO2. The van der Waals surface area contributed by atoms with Crippen LogP contribution < -0.4 is 0 Å². The summed E-state index contributed by atoms with van der Waals surface area (Å²) >= 11 is 0. The van der Waals surface area contributed by atoms with Gasteiger partial charge in [0.05, 0.1) is 5.57 Å². The van der Waals surface area contributed by atoms with Gasteiger partial charge in [0, 0.05) is 12.3 Å². The topological polar surface area (TPSA) is 34.1 Å². The predicted octanol–water partition coefficient (Wildman–Crippen LogP) is 1.02. The summed E-state index contributed by atoms with van der Waals surface area (Å²) in [6.45, 7) is 1.62. The number of carbonyl (C=O) groups is 2. The number of carbonyl (C=O) groups excluding carboxylic acids is 2. The minimum atomic E-state index is -0.375. The Morgan fingerprint density at radius 1 is 1.60 bits per heavy atom. The van der Waals surface area contributed by atoms with Crippen molar-refractivity contribution in [1.29, 1.82) is 0 Å². The Morgan fingerprint density at radius 3 is 2.40 bits per heavy atom. The molecule has 0 aromatic rings. The van der Waals surface area contributed by atoms with Gasteiger partial charge in [-0.2, -0.15) is 0 Å². The van der Waals surface area contributed by atoms with Gasteiger partial charge in [-0.3, -0.25) is 9.59 Å². The van der Waals surface area contributed by atoms with Crippen molar-refractivity contribution in [2.24, 2.45) is 5.92 Å². The summed E-state index contributed by atoms with van der Waals surface area (Å²) in [7, 11) is 0. The average Bonchev–Trinajstić information content (AvgIpc) is 2.09. The third kappa shape index (κ3) is 0.875. The Bertz CT molecular complexity index is 218. The van der Waals surface area contributed by atoms with Crippen LogP contribution in [0.2, 0.25) is 0 Å². The number of halogens is 1. The molecule has 0 amide bonds. The van der Waals surface area contributed by atoms with Gasteiger partial charge in [0.25, 0.3) is 0 Å². The van der Waals surface area contributed by atoms with E-state index in [1.54, 1.807) is 6.92 Å². The van der Waals surface area contributed by atoms with Crippen LogP contribution in [0.25, 0.3) is 0 Å². The van der Waals surface area contributed by atoms with E-state index in [1.165, 1.54) is 0 Å². The van der Waals surface area contributed by atoms with Crippen LogP contribution >= 0.6 is 0 Å². The van der Waals surface area contributed by atoms with Gasteiger partial charge in [0.15, 0.2) is 11.6 Å². The number of hydrogen-bond acceptors (Lipinski definition) is 2. The number of Topliss-reactive ketones (excluding diaryl/α,β-unsaturated/α-hetero) is 2. The molecule has 2 nitrogen and oxygen atoms in total. The number of rotatable bonds is 0. The standard InChI is InChI=1S/C7H7FO2/c1-4-2-6(9)5(3-8)7(4)10/h3-4H,2H2,1H3. The second-order valence-corrected chi connectivity index (χ2v) is 2.42. The second kappa shape index (κ2) is 2.33. The van der Waals surface area contributed by atoms with E-state index in [2.05, 4.69) is 0 Å². The molecule has 0 aromatic carbocycles. The van der Waals surface area contributed by atoms with Crippen LogP contribution in [0, 0.1) is 5.92 Å². The highest BCUT2D eigenvalue weighted by molar-refractivity contribution is 6.25. The van der Waals surface area contributed by atoms with E-state index in [0.717, 1.165) is 0 Å². The van der Waals surface area contributed by atoms with Crippen LogP contribution in [-0.4, -0.2) is 11.6 Å². The lowest BCUT2D eigenvalue weighted by atomic mass is 10.1. The Kier molecular flexibility index (Phi) is 1.66. The van der Waals surface area contributed by atoms with Crippen LogP contribution in [0.1, 0.15) is 13.3 Å². The fourth-order valence-electron chi connectivity index (χ4n) is 0.998. The molecular weight excluding hydrogens is 135 g/mol. The third-order valence-corrected chi connectivity index (χ3v) is 1.61. The molecule has 1 rings (SSSR count). The van der Waals surface area contributed by atoms with Gasteiger partial charge in [0.2, 0.25) is 0 Å². The largest absolute Gasteiger partial charge is 0.294 e. The molecule has 1 aliphatic carbocycles. The zero-order chi connectivity index (χ0) is 7.72. The second-order valence-electron chi connectivity index (χ2n) is 2.42. The summed E-state index contributed by atoms with van der Waals surface area (Å²) in [5.74, 6) is -1.07. The molecule has 0 aliphatic heterocycles. The zero-order valence-corrected chi connectivity index (χ0v) is 5.56. The van der Waals surface area contributed by atoms with Crippen molar-refractivity contribution in [3.8, 4) is 0 Å². The van der Waals surface area contributed by atoms with E-state index in [9.17, 15) is 14.0 Å². The number of ketones is 2. The Balaban J connectivity index is 2.96. The zero-order valence-electron chi connectivity index (χ0n) is 5.56. The van der Waals surface area contributed by atoms with Crippen LogP contribution in [0.4, 0.5) is 4.39 Å². The summed E-state index contributed by atoms with van der Waals surface area (Å²) in [4.78, 5) is 21.5. The van der Waals surface area contributed by atoms with E-state index >= 15 is 0 Å². The molecule has 0 bridgehead atoms. The molecule has 54 valence electrons. The Labute approximate surface area is 57.7 Å². The van der Waals surface area contributed by atoms with Crippen molar-refractivity contribution in [2.45, 2.75) is 13.3 Å². The fourth-order valence-corrected chi connectivity index (χ4v) is 0.998. The molecule has 0 radical (unpaired) electrons. The van der Waals surface area contributed by atoms with Crippen LogP contribution in [0.5, 0.6) is 0 Å². The van der Waals surface area contributed by atoms with Crippen molar-refractivity contribution in [2.75, 3.05) is 0 Å². The lowest BCUT2D eigenvalue weighted by molar-refractivity contribution is -0.117. The van der Waals surface area contributed by atoms with Gasteiger partial charge >= 0.3 is 0 Å². The van der Waals surface area contributed by atoms with E-state index in [-0.39, 0.29) is 35.8 Å². The average molecular weight is 142 g/mol. The van der Waals surface area contributed by atoms with Gasteiger partial charge in [-0.25, -0.2) is 4.39 Å². The van der Waals surface area contributed by atoms with E-state index < -0.39 is 0 Å². The molecule has 0 N–H and O–H groups in total. The maximum atomic E-state index is 11.8. The summed E-state index contributed by atoms with van der Waals surface area (Å²) in [5.41, 5.74) is -0.271. The lowest BCUT2D eigenvalue weighted by Crippen LogP contribution is -2.02. The summed E-state index contributed by atoms with van der Waals surface area (Å²) in [6.07, 6.45) is 0.267. The monoisotopic (exact) mass is 142 g/mol. The summed E-state index contributed by atoms with van der Waals surface area (Å²) in [5, 5.41) is 0. The smallest absolute Gasteiger partial charge is 0.172 e. The highest BCUT2D eigenvalue weighted by atomic mass is 19.1. The van der Waals surface area contributed by atoms with Gasteiger partial charge in [-0.05, 0) is 0 Å². The van der Waals surface area contributed by atoms with E-state index in [1.807, 2.05) is 0 Å². The molecule has 1 aliphatic rings.